The van der Waals surface area contributed by atoms with E-state index in [-0.39, 0.29) is 5.79 Å². The Kier molecular flexibility index (Phi) is 5.43. The molecule has 1 atom stereocenters. The summed E-state index contributed by atoms with van der Waals surface area (Å²) in [5.74, 6) is 0.146. The highest BCUT2D eigenvalue weighted by Gasteiger charge is 2.59. The van der Waals surface area contributed by atoms with Gasteiger partial charge in [0.25, 0.3) is 0 Å². The zero-order valence-corrected chi connectivity index (χ0v) is 13.6. The van der Waals surface area contributed by atoms with Gasteiger partial charge in [0.05, 0.1) is 0 Å². The van der Waals surface area contributed by atoms with E-state index in [2.05, 4.69) is 6.92 Å². The lowest BCUT2D eigenvalue weighted by Gasteiger charge is -2.35. The van der Waals surface area contributed by atoms with Crippen LogP contribution in [0, 0.1) is 5.92 Å². The molecule has 112 valence electrons. The average molecular weight is 288 g/mol. The molecule has 1 unspecified atom stereocenters. The molecule has 0 N–H and O–H groups in total. The summed E-state index contributed by atoms with van der Waals surface area (Å²) in [6.45, 7) is 8.09. The summed E-state index contributed by atoms with van der Waals surface area (Å²) in [4.78, 5) is 0. The number of ether oxygens (including phenoxy) is 1. The van der Waals surface area contributed by atoms with E-state index in [9.17, 15) is 0 Å². The van der Waals surface area contributed by atoms with Gasteiger partial charge in [0.2, 0.25) is 0 Å². The summed E-state index contributed by atoms with van der Waals surface area (Å²) in [5, 5.41) is 0. The first-order valence-electron chi connectivity index (χ1n) is 7.82. The van der Waals surface area contributed by atoms with Gasteiger partial charge in [0.15, 0.2) is 5.79 Å². The van der Waals surface area contributed by atoms with Crippen molar-refractivity contribution in [2.45, 2.75) is 64.7 Å². The fraction of sp³-hybridized carbons (Fsp3) is 1.00. The van der Waals surface area contributed by atoms with Crippen molar-refractivity contribution in [3.8, 4) is 0 Å². The topological polar surface area (TPSA) is 40.2 Å². The van der Waals surface area contributed by atoms with Crippen LogP contribution in [0.25, 0.3) is 0 Å². The SMILES string of the molecule is CCO[Si](CC)(OCC)OC1(C2CCCCC2)CO1. The minimum atomic E-state index is -2.55. The minimum absolute atomic E-state index is 0.382. The van der Waals surface area contributed by atoms with Gasteiger partial charge >= 0.3 is 8.80 Å². The molecule has 0 aromatic rings. The van der Waals surface area contributed by atoms with E-state index < -0.39 is 8.80 Å². The molecule has 0 bridgehead atoms. The molecule has 0 spiro atoms. The number of rotatable bonds is 8. The van der Waals surface area contributed by atoms with Crippen LogP contribution in [0.15, 0.2) is 0 Å². The molecule has 1 aliphatic carbocycles. The molecule has 4 nitrogen and oxygen atoms in total. The number of hydrogen-bond donors (Lipinski definition) is 0. The quantitative estimate of drug-likeness (QED) is 0.507. The van der Waals surface area contributed by atoms with Crippen LogP contribution >= 0.6 is 0 Å². The van der Waals surface area contributed by atoms with Crippen LogP contribution in [-0.4, -0.2) is 34.4 Å². The molecule has 0 aromatic heterocycles. The maximum absolute atomic E-state index is 6.38. The van der Waals surface area contributed by atoms with Crippen molar-refractivity contribution in [3.05, 3.63) is 0 Å². The van der Waals surface area contributed by atoms with Crippen molar-refractivity contribution in [2.75, 3.05) is 19.8 Å². The molecule has 0 aromatic carbocycles. The van der Waals surface area contributed by atoms with Gasteiger partial charge in [0, 0.05) is 25.2 Å². The third kappa shape index (κ3) is 3.58. The molecule has 2 fully saturated rings. The molecule has 1 aliphatic heterocycles. The molecule has 2 rings (SSSR count). The van der Waals surface area contributed by atoms with Crippen LogP contribution in [-0.2, 0) is 18.0 Å². The lowest BCUT2D eigenvalue weighted by Crippen LogP contribution is -2.51. The van der Waals surface area contributed by atoms with Gasteiger partial charge in [-0.1, -0.05) is 26.2 Å². The van der Waals surface area contributed by atoms with Crippen LogP contribution in [0.3, 0.4) is 0 Å². The smallest absolute Gasteiger partial charge is 0.374 e. The Morgan fingerprint density at radius 2 is 1.63 bits per heavy atom. The molecule has 0 radical (unpaired) electrons. The monoisotopic (exact) mass is 288 g/mol. The Labute approximate surface area is 118 Å². The highest BCUT2D eigenvalue weighted by atomic mass is 28.4. The Hall–Kier alpha value is 0.0569. The lowest BCUT2D eigenvalue weighted by atomic mass is 9.85. The highest BCUT2D eigenvalue weighted by molar-refractivity contribution is 6.60. The van der Waals surface area contributed by atoms with Gasteiger partial charge in [-0.05, 0) is 26.7 Å². The summed E-state index contributed by atoms with van der Waals surface area (Å²) in [7, 11) is -2.55. The fourth-order valence-electron chi connectivity index (χ4n) is 3.07. The third-order valence-electron chi connectivity index (χ3n) is 4.15. The Balaban J connectivity index is 2.02. The van der Waals surface area contributed by atoms with Crippen LogP contribution in [0.1, 0.15) is 52.9 Å². The van der Waals surface area contributed by atoms with Crippen molar-refractivity contribution in [1.82, 2.24) is 0 Å². The van der Waals surface area contributed by atoms with Gasteiger partial charge in [-0.3, -0.25) is 0 Å². The van der Waals surface area contributed by atoms with Crippen LogP contribution in [0.2, 0.25) is 6.04 Å². The van der Waals surface area contributed by atoms with Crippen LogP contribution < -0.4 is 0 Å². The Bertz CT molecular complexity index is 269. The maximum atomic E-state index is 6.38. The molecule has 1 saturated carbocycles. The zero-order chi connectivity index (χ0) is 13.8. The predicted octanol–water partition coefficient (Wildman–Crippen LogP) is 3.34. The van der Waals surface area contributed by atoms with Crippen molar-refractivity contribution in [1.29, 1.82) is 0 Å². The summed E-state index contributed by atoms with van der Waals surface area (Å²) in [6, 6.07) is 0.812. The summed E-state index contributed by atoms with van der Waals surface area (Å²) >= 11 is 0. The lowest BCUT2D eigenvalue weighted by molar-refractivity contribution is -0.0697. The zero-order valence-electron chi connectivity index (χ0n) is 12.6. The molecule has 0 amide bonds. The second kappa shape index (κ2) is 6.67. The third-order valence-corrected chi connectivity index (χ3v) is 7.13. The number of epoxide rings is 1. The Morgan fingerprint density at radius 1 is 1.05 bits per heavy atom. The molecule has 2 aliphatic rings. The summed E-state index contributed by atoms with van der Waals surface area (Å²) in [5.41, 5.74) is 0. The van der Waals surface area contributed by atoms with E-state index in [1.54, 1.807) is 0 Å². The molecule has 19 heavy (non-hydrogen) atoms. The first kappa shape index (κ1) is 15.4. The van der Waals surface area contributed by atoms with Crippen molar-refractivity contribution < 1.29 is 18.0 Å². The van der Waals surface area contributed by atoms with Crippen LogP contribution in [0.5, 0.6) is 0 Å². The highest BCUT2D eigenvalue weighted by Crippen LogP contribution is 2.46. The first-order chi connectivity index (χ1) is 9.20. The maximum Gasteiger partial charge on any atom is 0.502 e. The normalized spacial score (nSPS) is 28.6. The van der Waals surface area contributed by atoms with Crippen molar-refractivity contribution in [2.24, 2.45) is 5.92 Å². The van der Waals surface area contributed by atoms with Crippen LogP contribution in [0.4, 0.5) is 0 Å². The van der Waals surface area contributed by atoms with Crippen molar-refractivity contribution >= 4 is 8.80 Å². The molecule has 5 heteroatoms. The number of hydrogen-bond acceptors (Lipinski definition) is 4. The minimum Gasteiger partial charge on any atom is -0.374 e. The van der Waals surface area contributed by atoms with Gasteiger partial charge in [-0.2, -0.15) is 0 Å². The van der Waals surface area contributed by atoms with Crippen molar-refractivity contribution in [3.63, 3.8) is 0 Å². The van der Waals surface area contributed by atoms with E-state index in [0.29, 0.717) is 25.7 Å². The van der Waals surface area contributed by atoms with Gasteiger partial charge in [-0.25, -0.2) is 0 Å². The standard InChI is InChI=1S/C14H28O4Si/c1-4-16-19(6-3,17-5-2)18-14(12-15-14)13-10-8-7-9-11-13/h13H,4-12H2,1-3H3. The van der Waals surface area contributed by atoms with Gasteiger partial charge in [-0.15, -0.1) is 0 Å². The fourth-order valence-corrected chi connectivity index (χ4v) is 5.52. The van der Waals surface area contributed by atoms with E-state index in [4.69, 9.17) is 18.0 Å². The molecular weight excluding hydrogens is 260 g/mol. The predicted molar refractivity (Wildman–Crippen MR) is 75.8 cm³/mol. The van der Waals surface area contributed by atoms with Gasteiger partial charge in [0.1, 0.15) is 6.61 Å². The van der Waals surface area contributed by atoms with E-state index in [0.717, 1.165) is 6.04 Å². The molecule has 1 heterocycles. The summed E-state index contributed by atoms with van der Waals surface area (Å²) in [6.07, 6.45) is 6.37. The molecule has 1 saturated heterocycles. The van der Waals surface area contributed by atoms with E-state index in [1.807, 2.05) is 13.8 Å². The largest absolute Gasteiger partial charge is 0.502 e. The van der Waals surface area contributed by atoms with E-state index in [1.165, 1.54) is 32.1 Å². The summed E-state index contributed by atoms with van der Waals surface area (Å²) < 4.78 is 23.9. The second-order valence-electron chi connectivity index (χ2n) is 5.44. The van der Waals surface area contributed by atoms with E-state index >= 15 is 0 Å². The Morgan fingerprint density at radius 3 is 2.05 bits per heavy atom. The second-order valence-corrected chi connectivity index (χ2v) is 8.29. The van der Waals surface area contributed by atoms with Gasteiger partial charge < -0.3 is 18.0 Å². The molecular formula is C14H28O4Si. The average Bonchev–Trinajstić information content (AvgIpc) is 3.21. The first-order valence-corrected chi connectivity index (χ1v) is 9.75.